The molecule has 0 aliphatic carbocycles. The maximum Gasteiger partial charge on any atom is 0.420 e. The molecule has 1 saturated heterocycles. The van der Waals surface area contributed by atoms with Gasteiger partial charge in [-0.15, -0.1) is 0 Å². The lowest BCUT2D eigenvalue weighted by Crippen LogP contribution is -2.54. The molecule has 1 fully saturated rings. The second-order valence-electron chi connectivity index (χ2n) is 11.7. The smallest absolute Gasteiger partial charge is 0.420 e. The number of imide groups is 1. The molecule has 0 aromatic heterocycles. The second-order valence-corrected chi connectivity index (χ2v) is 11.7. The number of esters is 1. The molecule has 9 heteroatoms. The van der Waals surface area contributed by atoms with Crippen LogP contribution >= 0.6 is 0 Å². The Balaban J connectivity index is 2.39. The molecule has 1 aromatic carbocycles. The summed E-state index contributed by atoms with van der Waals surface area (Å²) in [6, 6.07) is 8.51. The van der Waals surface area contributed by atoms with Crippen molar-refractivity contribution in [2.45, 2.75) is 97.7 Å². The fraction of sp³-hybridized carbons (Fsp3) is 0.633. The molecule has 4 atom stereocenters. The van der Waals surface area contributed by atoms with Crippen LogP contribution in [0, 0.1) is 5.92 Å². The van der Waals surface area contributed by atoms with Crippen molar-refractivity contribution in [2.24, 2.45) is 5.92 Å². The summed E-state index contributed by atoms with van der Waals surface area (Å²) in [7, 11) is 0. The van der Waals surface area contributed by atoms with E-state index in [1.807, 2.05) is 49.4 Å². The second kappa shape index (κ2) is 14.5. The largest absolute Gasteiger partial charge is 0.458 e. The van der Waals surface area contributed by atoms with Gasteiger partial charge in [-0.25, -0.2) is 14.4 Å². The molecule has 1 heterocycles. The van der Waals surface area contributed by atoms with E-state index >= 15 is 0 Å². The zero-order valence-electron chi connectivity index (χ0n) is 24.6. The third-order valence-electron chi connectivity index (χ3n) is 5.73. The van der Waals surface area contributed by atoms with Gasteiger partial charge in [0.15, 0.2) is 6.04 Å². The molecule has 39 heavy (non-hydrogen) atoms. The topological polar surface area (TPSA) is 101 Å². The average Bonchev–Trinajstić information content (AvgIpc) is 2.85. The van der Waals surface area contributed by atoms with Gasteiger partial charge in [0.25, 0.3) is 0 Å². The molecule has 0 saturated carbocycles. The number of hydrogen-bond donors (Lipinski definition) is 0. The normalized spacial score (nSPS) is 22.8. The fourth-order valence-electron chi connectivity index (χ4n) is 4.10. The van der Waals surface area contributed by atoms with Crippen LogP contribution in [0.1, 0.15) is 67.4 Å². The Kier molecular flexibility index (Phi) is 12.0. The Bertz CT molecular complexity index is 935. The fourth-order valence-corrected chi connectivity index (χ4v) is 4.10. The van der Waals surface area contributed by atoms with Crippen molar-refractivity contribution in [3.8, 4) is 0 Å². The van der Waals surface area contributed by atoms with Gasteiger partial charge in [0.05, 0.1) is 25.9 Å². The van der Waals surface area contributed by atoms with Gasteiger partial charge in [0.2, 0.25) is 0 Å². The minimum atomic E-state index is -1.41. The van der Waals surface area contributed by atoms with Crippen LogP contribution in [0.4, 0.5) is 9.59 Å². The van der Waals surface area contributed by atoms with Crippen LogP contribution in [0.25, 0.3) is 0 Å². The summed E-state index contributed by atoms with van der Waals surface area (Å²) in [5, 5.41) is 0. The standard InChI is InChI=1S/C30H45NO8/c1-9-10-14-17-36-25-21(2)37-26(32)24(20-35-19-23(25)18-22-15-12-11-13-16-22)31(27(33)38-29(3,4)5)28(34)39-30(6,7)8/h10-16,21,23-25H,9,17-20H2,1-8H3/t21-,23-,24-,25-/m0/s1. The number of nitrogens with zero attached hydrogens (tertiary/aromatic N) is 1. The quantitative estimate of drug-likeness (QED) is 0.243. The summed E-state index contributed by atoms with van der Waals surface area (Å²) < 4.78 is 29.0. The van der Waals surface area contributed by atoms with E-state index in [4.69, 9.17) is 23.7 Å². The van der Waals surface area contributed by atoms with Crippen LogP contribution in [0.15, 0.2) is 42.5 Å². The van der Waals surface area contributed by atoms with Gasteiger partial charge in [-0.05, 0) is 66.9 Å². The maximum absolute atomic E-state index is 13.5. The lowest BCUT2D eigenvalue weighted by Gasteiger charge is -2.32. The third-order valence-corrected chi connectivity index (χ3v) is 5.73. The van der Waals surface area contributed by atoms with E-state index in [2.05, 4.69) is 0 Å². The Hall–Kier alpha value is -2.91. The van der Waals surface area contributed by atoms with Crippen LogP contribution in [-0.2, 0) is 34.9 Å². The van der Waals surface area contributed by atoms with Crippen LogP contribution in [0.2, 0.25) is 0 Å². The highest BCUT2D eigenvalue weighted by Gasteiger charge is 2.44. The van der Waals surface area contributed by atoms with Gasteiger partial charge in [-0.2, -0.15) is 4.90 Å². The number of rotatable bonds is 7. The van der Waals surface area contributed by atoms with Gasteiger partial charge in [-0.3, -0.25) is 0 Å². The van der Waals surface area contributed by atoms with Crippen LogP contribution in [0.3, 0.4) is 0 Å². The van der Waals surface area contributed by atoms with Crippen LogP contribution in [0.5, 0.6) is 0 Å². The Morgan fingerprint density at radius 2 is 1.56 bits per heavy atom. The zero-order chi connectivity index (χ0) is 29.2. The van der Waals surface area contributed by atoms with Gasteiger partial charge in [0, 0.05) is 5.92 Å². The highest BCUT2D eigenvalue weighted by atomic mass is 16.6. The maximum atomic E-state index is 13.5. The highest BCUT2D eigenvalue weighted by molar-refractivity contribution is 5.94. The average molecular weight is 548 g/mol. The molecule has 218 valence electrons. The van der Waals surface area contributed by atoms with E-state index < -0.39 is 47.6 Å². The van der Waals surface area contributed by atoms with Crippen LogP contribution < -0.4 is 0 Å². The molecule has 0 bridgehead atoms. The van der Waals surface area contributed by atoms with Crippen molar-refractivity contribution in [3.63, 3.8) is 0 Å². The zero-order valence-corrected chi connectivity index (χ0v) is 24.6. The van der Waals surface area contributed by atoms with Crippen molar-refractivity contribution in [3.05, 3.63) is 48.0 Å². The predicted octanol–water partition coefficient (Wildman–Crippen LogP) is 5.70. The molecule has 2 rings (SSSR count). The van der Waals surface area contributed by atoms with Crippen molar-refractivity contribution in [1.29, 1.82) is 0 Å². The SMILES string of the molecule is CCC=CCO[C@@H]1[C@@H](Cc2ccccc2)COC[C@H](N(C(=O)OC(C)(C)C)C(=O)OC(C)(C)C)C(=O)O[C@H]1C. The number of carbonyl (C=O) groups is 3. The molecule has 0 spiro atoms. The molecule has 2 amide bonds. The van der Waals surface area contributed by atoms with Crippen LogP contribution in [-0.4, -0.2) is 72.3 Å². The summed E-state index contributed by atoms with van der Waals surface area (Å²) in [5.41, 5.74) is -0.749. The lowest BCUT2D eigenvalue weighted by atomic mass is 9.91. The first-order valence-corrected chi connectivity index (χ1v) is 13.6. The van der Waals surface area contributed by atoms with Gasteiger partial charge in [-0.1, -0.05) is 49.4 Å². The first kappa shape index (κ1) is 32.3. The molecule has 1 aliphatic rings. The Morgan fingerprint density at radius 3 is 2.10 bits per heavy atom. The summed E-state index contributed by atoms with van der Waals surface area (Å²) in [4.78, 5) is 40.5. The molecule has 1 aliphatic heterocycles. The number of amides is 2. The number of allylic oxidation sites excluding steroid dienone is 1. The van der Waals surface area contributed by atoms with Gasteiger partial charge in [0.1, 0.15) is 17.3 Å². The summed E-state index contributed by atoms with van der Waals surface area (Å²) in [6.07, 6.45) is 2.20. The van der Waals surface area contributed by atoms with Crippen molar-refractivity contribution >= 4 is 18.2 Å². The molecule has 1 aromatic rings. The summed E-state index contributed by atoms with van der Waals surface area (Å²) in [6.45, 7) is 14.1. The lowest BCUT2D eigenvalue weighted by molar-refractivity contribution is -0.163. The van der Waals surface area contributed by atoms with E-state index in [9.17, 15) is 14.4 Å². The van der Waals surface area contributed by atoms with Gasteiger partial charge < -0.3 is 23.7 Å². The predicted molar refractivity (Wildman–Crippen MR) is 147 cm³/mol. The molecule has 9 nitrogen and oxygen atoms in total. The summed E-state index contributed by atoms with van der Waals surface area (Å²) in [5.74, 6) is -0.974. The molecule has 0 N–H and O–H groups in total. The monoisotopic (exact) mass is 547 g/mol. The number of hydrogen-bond acceptors (Lipinski definition) is 8. The van der Waals surface area contributed by atoms with Crippen molar-refractivity contribution in [1.82, 2.24) is 4.90 Å². The van der Waals surface area contributed by atoms with E-state index in [-0.39, 0.29) is 19.1 Å². The van der Waals surface area contributed by atoms with Crippen molar-refractivity contribution < 1.29 is 38.1 Å². The molecule has 0 radical (unpaired) electrons. The van der Waals surface area contributed by atoms with Gasteiger partial charge >= 0.3 is 18.2 Å². The van der Waals surface area contributed by atoms with E-state index in [0.717, 1.165) is 12.0 Å². The molecule has 0 unspecified atom stereocenters. The molecular formula is C30H45NO8. The number of cyclic esters (lactones) is 1. The highest BCUT2D eigenvalue weighted by Crippen LogP contribution is 2.25. The minimum absolute atomic E-state index is 0.166. The minimum Gasteiger partial charge on any atom is -0.458 e. The van der Waals surface area contributed by atoms with E-state index in [0.29, 0.717) is 17.9 Å². The Labute approximate surface area is 232 Å². The third kappa shape index (κ3) is 11.0. The molecular weight excluding hydrogens is 502 g/mol. The van der Waals surface area contributed by atoms with E-state index in [1.165, 1.54) is 0 Å². The first-order chi connectivity index (χ1) is 18.2. The Morgan fingerprint density at radius 1 is 0.974 bits per heavy atom. The number of carbonyl (C=O) groups excluding carboxylic acids is 3. The first-order valence-electron chi connectivity index (χ1n) is 13.6. The number of ether oxygens (including phenoxy) is 5. The van der Waals surface area contributed by atoms with E-state index in [1.54, 1.807) is 48.5 Å². The number of benzene rings is 1. The van der Waals surface area contributed by atoms with Crippen molar-refractivity contribution in [2.75, 3.05) is 19.8 Å². The summed E-state index contributed by atoms with van der Waals surface area (Å²) >= 11 is 0.